The number of ether oxygens (including phenoxy) is 3. The van der Waals surface area contributed by atoms with Crippen molar-refractivity contribution in [2.45, 2.75) is 64.1 Å². The number of hydrogen-bond donors (Lipinski definition) is 2. The molecule has 0 aromatic rings. The lowest BCUT2D eigenvalue weighted by Gasteiger charge is -2.22. The molecule has 1 saturated carbocycles. The van der Waals surface area contributed by atoms with Crippen molar-refractivity contribution in [1.82, 2.24) is 10.6 Å². The van der Waals surface area contributed by atoms with Crippen molar-refractivity contribution in [2.75, 3.05) is 14.2 Å². The van der Waals surface area contributed by atoms with Crippen molar-refractivity contribution in [2.24, 2.45) is 0 Å². The van der Waals surface area contributed by atoms with Gasteiger partial charge in [-0.15, -0.1) is 0 Å². The van der Waals surface area contributed by atoms with Gasteiger partial charge in [0.15, 0.2) is 6.29 Å². The molecule has 2 N–H and O–H groups in total. The number of alkyl carbamates (subject to hydrolysis) is 1. The van der Waals surface area contributed by atoms with Gasteiger partial charge in [-0.3, -0.25) is 0 Å². The predicted molar refractivity (Wildman–Crippen MR) is 72.0 cm³/mol. The third-order valence-corrected chi connectivity index (χ3v) is 2.84. The van der Waals surface area contributed by atoms with Crippen molar-refractivity contribution in [3.05, 3.63) is 0 Å². The Balaban J connectivity index is 2.26. The number of methoxy groups -OCH3 is 2. The third-order valence-electron chi connectivity index (χ3n) is 2.84. The third kappa shape index (κ3) is 5.76. The first-order chi connectivity index (χ1) is 8.76. The van der Waals surface area contributed by atoms with Crippen LogP contribution in [0.2, 0.25) is 0 Å². The second-order valence-corrected chi connectivity index (χ2v) is 5.89. The Morgan fingerprint density at radius 3 is 2.26 bits per heavy atom. The standard InChI is InChI=1S/C13H26N2O4/c1-8(11(17-5)18-6)14-9-7-10(9)15-12(16)19-13(2,3)4/h8-11,14H,7H2,1-6H3,(H,15,16). The summed E-state index contributed by atoms with van der Waals surface area (Å²) in [4.78, 5) is 11.6. The fourth-order valence-electron chi connectivity index (χ4n) is 1.92. The second-order valence-electron chi connectivity index (χ2n) is 5.89. The Hall–Kier alpha value is -0.850. The van der Waals surface area contributed by atoms with Crippen molar-refractivity contribution in [3.63, 3.8) is 0 Å². The summed E-state index contributed by atoms with van der Waals surface area (Å²) in [6.07, 6.45) is 0.233. The van der Waals surface area contributed by atoms with Crippen LogP contribution >= 0.6 is 0 Å². The van der Waals surface area contributed by atoms with Crippen molar-refractivity contribution in [1.29, 1.82) is 0 Å². The highest BCUT2D eigenvalue weighted by Gasteiger charge is 2.40. The maximum absolute atomic E-state index is 11.6. The molecule has 0 saturated heterocycles. The number of amides is 1. The SMILES string of the molecule is COC(OC)C(C)NC1CC1NC(=O)OC(C)(C)C. The van der Waals surface area contributed by atoms with E-state index in [1.54, 1.807) is 14.2 Å². The van der Waals surface area contributed by atoms with E-state index in [-0.39, 0.29) is 30.5 Å². The van der Waals surface area contributed by atoms with Crippen LogP contribution in [-0.2, 0) is 14.2 Å². The molecule has 3 unspecified atom stereocenters. The summed E-state index contributed by atoms with van der Waals surface area (Å²) in [5.41, 5.74) is -0.466. The molecule has 112 valence electrons. The van der Waals surface area contributed by atoms with Crippen LogP contribution in [0.4, 0.5) is 4.79 Å². The quantitative estimate of drug-likeness (QED) is 0.713. The van der Waals surface area contributed by atoms with Crippen LogP contribution in [0.15, 0.2) is 0 Å². The van der Waals surface area contributed by atoms with Crippen LogP contribution in [0, 0.1) is 0 Å². The van der Waals surface area contributed by atoms with Crippen molar-refractivity contribution < 1.29 is 19.0 Å². The maximum atomic E-state index is 11.6. The molecule has 0 aromatic carbocycles. The molecule has 1 rings (SSSR count). The Kier molecular flexibility index (Phi) is 5.58. The highest BCUT2D eigenvalue weighted by Crippen LogP contribution is 2.23. The minimum Gasteiger partial charge on any atom is -0.444 e. The Labute approximate surface area is 115 Å². The summed E-state index contributed by atoms with van der Waals surface area (Å²) < 4.78 is 15.6. The van der Waals surface area contributed by atoms with Crippen LogP contribution in [0.1, 0.15) is 34.1 Å². The lowest BCUT2D eigenvalue weighted by Crippen LogP contribution is -2.44. The van der Waals surface area contributed by atoms with Crippen molar-refractivity contribution in [3.8, 4) is 0 Å². The van der Waals surface area contributed by atoms with Crippen LogP contribution in [0.25, 0.3) is 0 Å². The van der Waals surface area contributed by atoms with Crippen LogP contribution in [-0.4, -0.2) is 50.3 Å². The molecular weight excluding hydrogens is 248 g/mol. The van der Waals surface area contributed by atoms with E-state index in [0.717, 1.165) is 6.42 Å². The topological polar surface area (TPSA) is 68.8 Å². The van der Waals surface area contributed by atoms with Crippen LogP contribution < -0.4 is 10.6 Å². The highest BCUT2D eigenvalue weighted by atomic mass is 16.7. The summed E-state index contributed by atoms with van der Waals surface area (Å²) in [6.45, 7) is 7.53. The average molecular weight is 274 g/mol. The second kappa shape index (κ2) is 6.54. The molecule has 0 aromatic heterocycles. The van der Waals surface area contributed by atoms with Gasteiger partial charge in [-0.25, -0.2) is 4.79 Å². The minimum absolute atomic E-state index is 0.0606. The zero-order valence-electron chi connectivity index (χ0n) is 12.6. The average Bonchev–Trinajstić information content (AvgIpc) is 2.94. The van der Waals surface area contributed by atoms with Gasteiger partial charge in [-0.1, -0.05) is 0 Å². The van der Waals surface area contributed by atoms with E-state index >= 15 is 0 Å². The molecule has 1 amide bonds. The molecule has 6 nitrogen and oxygen atoms in total. The highest BCUT2D eigenvalue weighted by molar-refractivity contribution is 5.68. The van der Waals surface area contributed by atoms with Gasteiger partial charge in [0.1, 0.15) is 5.60 Å². The lowest BCUT2D eigenvalue weighted by atomic mass is 10.2. The summed E-state index contributed by atoms with van der Waals surface area (Å²) >= 11 is 0. The minimum atomic E-state index is -0.466. The summed E-state index contributed by atoms with van der Waals surface area (Å²) in [5.74, 6) is 0. The molecule has 19 heavy (non-hydrogen) atoms. The molecule has 0 spiro atoms. The molecule has 1 aliphatic rings. The molecule has 6 heteroatoms. The summed E-state index contributed by atoms with van der Waals surface area (Å²) in [5, 5.41) is 6.19. The van der Waals surface area contributed by atoms with Crippen molar-refractivity contribution >= 4 is 6.09 Å². The fourth-order valence-corrected chi connectivity index (χ4v) is 1.92. The molecule has 0 aliphatic heterocycles. The first kappa shape index (κ1) is 16.2. The lowest BCUT2D eigenvalue weighted by molar-refractivity contribution is -0.119. The molecule has 0 heterocycles. The Bertz CT molecular complexity index is 300. The van der Waals surface area contributed by atoms with Gasteiger partial charge >= 0.3 is 6.09 Å². The molecular formula is C13H26N2O4. The predicted octanol–water partition coefficient (Wildman–Crippen LogP) is 1.25. The number of hydrogen-bond acceptors (Lipinski definition) is 5. The fraction of sp³-hybridized carbons (Fsp3) is 0.923. The number of rotatable bonds is 6. The van der Waals surface area contributed by atoms with E-state index in [4.69, 9.17) is 14.2 Å². The molecule has 0 bridgehead atoms. The van der Waals surface area contributed by atoms with E-state index in [1.165, 1.54) is 0 Å². The van der Waals surface area contributed by atoms with Gasteiger partial charge in [0.05, 0.1) is 6.04 Å². The normalized spacial score (nSPS) is 24.2. The molecule has 1 fully saturated rings. The van der Waals surface area contributed by atoms with E-state index in [2.05, 4.69) is 10.6 Å². The zero-order chi connectivity index (χ0) is 14.6. The first-order valence-corrected chi connectivity index (χ1v) is 6.58. The van der Waals surface area contributed by atoms with Gasteiger partial charge in [0.2, 0.25) is 0 Å². The number of nitrogens with one attached hydrogen (secondary N) is 2. The van der Waals surface area contributed by atoms with E-state index in [0.29, 0.717) is 0 Å². The van der Waals surface area contributed by atoms with Gasteiger partial charge in [0, 0.05) is 26.3 Å². The Morgan fingerprint density at radius 1 is 1.21 bits per heavy atom. The van der Waals surface area contributed by atoms with E-state index in [9.17, 15) is 4.79 Å². The maximum Gasteiger partial charge on any atom is 0.407 e. The number of carbonyl (C=O) groups excluding carboxylic acids is 1. The molecule has 0 radical (unpaired) electrons. The zero-order valence-corrected chi connectivity index (χ0v) is 12.6. The summed E-state index contributed by atoms with van der Waals surface area (Å²) in [6, 6.07) is 0.424. The van der Waals surface area contributed by atoms with E-state index < -0.39 is 5.60 Å². The smallest absolute Gasteiger partial charge is 0.407 e. The largest absolute Gasteiger partial charge is 0.444 e. The number of carbonyl (C=O) groups is 1. The van der Waals surface area contributed by atoms with Gasteiger partial charge in [0.25, 0.3) is 0 Å². The summed E-state index contributed by atoms with van der Waals surface area (Å²) in [7, 11) is 3.21. The molecule has 1 aliphatic carbocycles. The van der Waals surface area contributed by atoms with Gasteiger partial charge < -0.3 is 24.8 Å². The monoisotopic (exact) mass is 274 g/mol. The first-order valence-electron chi connectivity index (χ1n) is 6.58. The van der Waals surface area contributed by atoms with Gasteiger partial charge in [-0.05, 0) is 34.1 Å². The van der Waals surface area contributed by atoms with Crippen LogP contribution in [0.3, 0.4) is 0 Å². The molecule has 3 atom stereocenters. The van der Waals surface area contributed by atoms with Crippen LogP contribution in [0.5, 0.6) is 0 Å². The van der Waals surface area contributed by atoms with E-state index in [1.807, 2.05) is 27.7 Å². The Morgan fingerprint density at radius 2 is 1.79 bits per heavy atom. The van der Waals surface area contributed by atoms with Gasteiger partial charge in [-0.2, -0.15) is 0 Å².